The van der Waals surface area contributed by atoms with Crippen molar-refractivity contribution >= 4 is 17.6 Å². The van der Waals surface area contributed by atoms with Gasteiger partial charge in [0.15, 0.2) is 11.5 Å². The summed E-state index contributed by atoms with van der Waals surface area (Å²) in [4.78, 5) is 16.6. The van der Waals surface area contributed by atoms with E-state index >= 15 is 0 Å². The molecule has 0 N–H and O–H groups in total. The molecule has 0 aliphatic heterocycles. The van der Waals surface area contributed by atoms with Crippen molar-refractivity contribution in [3.05, 3.63) is 93.8 Å². The van der Waals surface area contributed by atoms with E-state index in [0.717, 1.165) is 28.6 Å². The van der Waals surface area contributed by atoms with Crippen LogP contribution in [0.2, 0.25) is 5.02 Å². The molecule has 0 fully saturated rings. The van der Waals surface area contributed by atoms with Crippen LogP contribution in [0.4, 0.5) is 13.2 Å². The van der Waals surface area contributed by atoms with Crippen molar-refractivity contribution in [3.8, 4) is 22.8 Å². The van der Waals surface area contributed by atoms with Crippen LogP contribution in [0.15, 0.2) is 60.8 Å². The highest BCUT2D eigenvalue weighted by molar-refractivity contribution is 6.31. The highest BCUT2D eigenvalue weighted by Gasteiger charge is 2.41. The van der Waals surface area contributed by atoms with Gasteiger partial charge in [-0.25, -0.2) is 14.5 Å². The second-order valence-corrected chi connectivity index (χ2v) is 8.88. The van der Waals surface area contributed by atoms with Crippen molar-refractivity contribution in [2.45, 2.75) is 32.9 Å². The molecule has 0 spiro atoms. The quantitative estimate of drug-likeness (QED) is 0.226. The van der Waals surface area contributed by atoms with E-state index in [2.05, 4.69) is 10.1 Å². The summed E-state index contributed by atoms with van der Waals surface area (Å²) < 4.78 is 52.6. The van der Waals surface area contributed by atoms with Gasteiger partial charge in [0.05, 0.1) is 25.6 Å². The van der Waals surface area contributed by atoms with Crippen molar-refractivity contribution in [3.63, 3.8) is 0 Å². The molecule has 4 rings (SSSR count). The lowest BCUT2D eigenvalue weighted by Gasteiger charge is -2.15. The van der Waals surface area contributed by atoms with Crippen LogP contribution in [0.1, 0.15) is 39.7 Å². The van der Waals surface area contributed by atoms with Gasteiger partial charge in [-0.1, -0.05) is 35.9 Å². The van der Waals surface area contributed by atoms with Crippen molar-refractivity contribution in [2.75, 3.05) is 13.7 Å². The first-order chi connectivity index (χ1) is 18.1. The van der Waals surface area contributed by atoms with Crippen LogP contribution in [-0.4, -0.2) is 34.5 Å². The molecule has 0 amide bonds. The maximum atomic E-state index is 14.0. The Bertz CT molecular complexity index is 1470. The smallest absolute Gasteiger partial charge is 0.434 e. The minimum Gasteiger partial charge on any atom is -0.497 e. The highest BCUT2D eigenvalue weighted by Crippen LogP contribution is 2.35. The number of rotatable bonds is 8. The zero-order chi connectivity index (χ0) is 27.4. The predicted molar refractivity (Wildman–Crippen MR) is 138 cm³/mol. The van der Waals surface area contributed by atoms with Crippen molar-refractivity contribution in [1.82, 2.24) is 14.8 Å². The fourth-order valence-electron chi connectivity index (χ4n) is 4.23. The Hall–Kier alpha value is -3.85. The van der Waals surface area contributed by atoms with Crippen LogP contribution in [0.5, 0.6) is 5.75 Å². The van der Waals surface area contributed by atoms with Gasteiger partial charge < -0.3 is 9.47 Å². The molecule has 10 heteroatoms. The average molecular weight is 544 g/mol. The summed E-state index contributed by atoms with van der Waals surface area (Å²) >= 11 is 6.58. The second-order valence-electron chi connectivity index (χ2n) is 8.48. The molecule has 4 aromatic rings. The van der Waals surface area contributed by atoms with Gasteiger partial charge in [-0.2, -0.15) is 18.3 Å². The fourth-order valence-corrected chi connectivity index (χ4v) is 4.50. The van der Waals surface area contributed by atoms with E-state index in [1.807, 2.05) is 31.2 Å². The van der Waals surface area contributed by atoms with E-state index in [0.29, 0.717) is 33.8 Å². The minimum absolute atomic E-state index is 0.0668. The third kappa shape index (κ3) is 5.67. The molecule has 38 heavy (non-hydrogen) atoms. The summed E-state index contributed by atoms with van der Waals surface area (Å²) in [6.07, 6.45) is -2.76. The summed E-state index contributed by atoms with van der Waals surface area (Å²) in [6.45, 7) is 3.45. The Morgan fingerprint density at radius 1 is 1.08 bits per heavy atom. The lowest BCUT2D eigenvalue weighted by Crippen LogP contribution is -2.19. The molecule has 0 bridgehead atoms. The molecule has 0 aliphatic carbocycles. The summed E-state index contributed by atoms with van der Waals surface area (Å²) in [5.41, 5.74) is 2.21. The van der Waals surface area contributed by atoms with Gasteiger partial charge in [0.2, 0.25) is 0 Å². The number of pyridine rings is 1. The summed E-state index contributed by atoms with van der Waals surface area (Å²) in [5, 5.41) is 4.36. The van der Waals surface area contributed by atoms with Crippen molar-refractivity contribution in [2.24, 2.45) is 0 Å². The summed E-state index contributed by atoms with van der Waals surface area (Å²) in [7, 11) is 1.62. The number of carbonyl (C=O) groups is 1. The van der Waals surface area contributed by atoms with E-state index < -0.39 is 23.4 Å². The number of nitrogens with zero attached hydrogens (tertiary/aromatic N) is 3. The first-order valence-electron chi connectivity index (χ1n) is 11.8. The molecule has 0 saturated heterocycles. The molecule has 198 valence electrons. The number of carbonyl (C=O) groups excluding carboxylic acids is 1. The first-order valence-corrected chi connectivity index (χ1v) is 12.2. The number of ether oxygens (including phenoxy) is 2. The number of esters is 1. The first kappa shape index (κ1) is 27.2. The average Bonchev–Trinajstić information content (AvgIpc) is 3.35. The lowest BCUT2D eigenvalue weighted by atomic mass is 9.95. The summed E-state index contributed by atoms with van der Waals surface area (Å²) in [6, 6.07) is 15.9. The highest BCUT2D eigenvalue weighted by atomic mass is 35.5. The van der Waals surface area contributed by atoms with Crippen LogP contribution in [-0.2, 0) is 23.8 Å². The third-order valence-corrected chi connectivity index (χ3v) is 6.43. The largest absolute Gasteiger partial charge is 0.497 e. The van der Waals surface area contributed by atoms with Crippen LogP contribution < -0.4 is 4.74 Å². The zero-order valence-electron chi connectivity index (χ0n) is 21.0. The Morgan fingerprint density at radius 2 is 1.84 bits per heavy atom. The van der Waals surface area contributed by atoms with Crippen LogP contribution in [0.25, 0.3) is 17.1 Å². The second kappa shape index (κ2) is 11.3. The lowest BCUT2D eigenvalue weighted by molar-refractivity contribution is -0.143. The van der Waals surface area contributed by atoms with Crippen molar-refractivity contribution < 1.29 is 27.4 Å². The van der Waals surface area contributed by atoms with Gasteiger partial charge >= 0.3 is 12.1 Å². The molecule has 2 aromatic heterocycles. The number of halogens is 4. The van der Waals surface area contributed by atoms with Crippen LogP contribution >= 0.6 is 11.6 Å². The number of alkyl halides is 3. The number of benzene rings is 2. The van der Waals surface area contributed by atoms with E-state index in [-0.39, 0.29) is 12.4 Å². The normalized spacial score (nSPS) is 11.4. The Labute approximate surface area is 223 Å². The van der Waals surface area contributed by atoms with Gasteiger partial charge in [0.1, 0.15) is 11.3 Å². The minimum atomic E-state index is -4.87. The van der Waals surface area contributed by atoms with E-state index in [9.17, 15) is 18.0 Å². The Morgan fingerprint density at radius 3 is 2.53 bits per heavy atom. The van der Waals surface area contributed by atoms with Gasteiger partial charge in [-0.05, 0) is 73.7 Å². The number of aromatic nitrogens is 3. The molecule has 0 unspecified atom stereocenters. The molecular weight excluding hydrogens is 519 g/mol. The maximum absolute atomic E-state index is 14.0. The Balaban J connectivity index is 1.72. The van der Waals surface area contributed by atoms with Crippen LogP contribution in [0.3, 0.4) is 0 Å². The van der Waals surface area contributed by atoms with Gasteiger partial charge in [-0.3, -0.25) is 0 Å². The van der Waals surface area contributed by atoms with E-state index in [4.69, 9.17) is 21.1 Å². The zero-order valence-corrected chi connectivity index (χ0v) is 21.7. The molecule has 0 saturated carbocycles. The van der Waals surface area contributed by atoms with Crippen LogP contribution in [0, 0.1) is 6.92 Å². The SMILES string of the molecule is CCOC(=O)c1cnn(-c2cccc(-c3cccc(Cl)c3CCc3ccc(OC)cc3C)n2)c1C(F)(F)F. The molecule has 0 atom stereocenters. The topological polar surface area (TPSA) is 66.2 Å². The third-order valence-electron chi connectivity index (χ3n) is 6.07. The Kier molecular flexibility index (Phi) is 8.06. The van der Waals surface area contributed by atoms with Crippen molar-refractivity contribution in [1.29, 1.82) is 0 Å². The van der Waals surface area contributed by atoms with E-state index in [1.54, 1.807) is 31.4 Å². The van der Waals surface area contributed by atoms with Gasteiger partial charge in [-0.15, -0.1) is 0 Å². The van der Waals surface area contributed by atoms with E-state index in [1.165, 1.54) is 13.0 Å². The number of hydrogen-bond donors (Lipinski definition) is 0. The number of methoxy groups -OCH3 is 1. The molecule has 2 aromatic carbocycles. The summed E-state index contributed by atoms with van der Waals surface area (Å²) in [5.74, 6) is -0.427. The molecule has 2 heterocycles. The maximum Gasteiger partial charge on any atom is 0.434 e. The number of hydrogen-bond acceptors (Lipinski definition) is 5. The fraction of sp³-hybridized carbons (Fsp3) is 0.250. The molecule has 0 aliphatic rings. The van der Waals surface area contributed by atoms with Gasteiger partial charge in [0.25, 0.3) is 0 Å². The standard InChI is InChI=1S/C28H25ClF3N3O3/c1-4-38-27(36)22-16-33-35(26(22)28(30,31)32)25-10-6-9-24(34-25)21-7-5-8-23(29)20(21)14-12-18-11-13-19(37-3)15-17(18)2/h5-11,13,15-16H,4,12,14H2,1-3H3. The van der Waals surface area contributed by atoms with Gasteiger partial charge in [0, 0.05) is 10.6 Å². The molecule has 6 nitrogen and oxygen atoms in total. The molecule has 0 radical (unpaired) electrons. The molecular formula is C28H25ClF3N3O3. The predicted octanol–water partition coefficient (Wildman–Crippen LogP) is 6.89. The monoisotopic (exact) mass is 543 g/mol. The number of aryl methyl sites for hydroxylation is 2.